The van der Waals surface area contributed by atoms with Crippen molar-refractivity contribution in [1.29, 1.82) is 0 Å². The Balaban J connectivity index is 1.03. The summed E-state index contributed by atoms with van der Waals surface area (Å²) in [6, 6.07) is 0. The summed E-state index contributed by atoms with van der Waals surface area (Å²) in [5, 5.41) is 68.7. The zero-order valence-corrected chi connectivity index (χ0v) is 43.1. The highest BCUT2D eigenvalue weighted by molar-refractivity contribution is 5.76. The van der Waals surface area contributed by atoms with Crippen LogP contribution in [0.2, 0.25) is 0 Å². The van der Waals surface area contributed by atoms with Crippen LogP contribution in [0.1, 0.15) is 133 Å². The number of aliphatic hydroxyl groups excluding tert-OH is 5. The van der Waals surface area contributed by atoms with Gasteiger partial charge in [0.05, 0.1) is 37.4 Å². The lowest BCUT2D eigenvalue weighted by molar-refractivity contribution is -0.379. The number of hydrogen-bond donors (Lipinski definition) is 6. The Kier molecular flexibility index (Phi) is 15.1. The molecule has 0 aromatic carbocycles. The minimum Gasteiger partial charge on any atom is -0.481 e. The summed E-state index contributed by atoms with van der Waals surface area (Å²) < 4.78 is 53.0. The van der Waals surface area contributed by atoms with Gasteiger partial charge in [-0.3, -0.25) is 19.2 Å². The van der Waals surface area contributed by atoms with E-state index in [0.717, 1.165) is 58.8 Å². The van der Waals surface area contributed by atoms with Crippen LogP contribution in [0.5, 0.6) is 0 Å². The normalized spacial score (nSPS) is 49.3. The minimum absolute atomic E-state index is 0.0155. The van der Waals surface area contributed by atoms with Crippen LogP contribution in [0.3, 0.4) is 0 Å². The molecule has 0 spiro atoms. The lowest BCUT2D eigenvalue weighted by atomic mass is 9.33. The van der Waals surface area contributed by atoms with E-state index < -0.39 is 121 Å². The number of hydrogen-bond acceptors (Lipinski definition) is 18. The smallest absolute Gasteiger partial charge is 0.310 e. The Labute approximate surface area is 416 Å². The summed E-state index contributed by atoms with van der Waals surface area (Å²) >= 11 is 0. The Morgan fingerprint density at radius 1 is 0.662 bits per heavy atom. The zero-order valence-electron chi connectivity index (χ0n) is 43.1. The molecule has 71 heavy (non-hydrogen) atoms. The maximum absolute atomic E-state index is 13.2. The van der Waals surface area contributed by atoms with Crippen molar-refractivity contribution in [2.45, 2.75) is 219 Å². The van der Waals surface area contributed by atoms with E-state index in [-0.39, 0.29) is 59.2 Å². The Morgan fingerprint density at radius 3 is 1.92 bits per heavy atom. The summed E-state index contributed by atoms with van der Waals surface area (Å²) in [4.78, 5) is 49.2. The number of allylic oxidation sites excluding steroid dienone is 2. The molecule has 4 saturated carbocycles. The predicted octanol–water partition coefficient (Wildman–Crippen LogP) is 3.70. The van der Waals surface area contributed by atoms with Gasteiger partial charge >= 0.3 is 23.9 Å². The van der Waals surface area contributed by atoms with Crippen LogP contribution >= 0.6 is 0 Å². The van der Waals surface area contributed by atoms with Crippen LogP contribution in [0.4, 0.5) is 0 Å². The molecule has 8 aliphatic rings. The number of fused-ring (bicyclic) bond motifs is 7. The van der Waals surface area contributed by atoms with Crippen molar-refractivity contribution in [1.82, 2.24) is 0 Å². The fourth-order valence-electron chi connectivity index (χ4n) is 15.5. The molecule has 19 heteroatoms. The highest BCUT2D eigenvalue weighted by atomic mass is 16.8. The van der Waals surface area contributed by atoms with Gasteiger partial charge in [-0.1, -0.05) is 53.2 Å². The lowest BCUT2D eigenvalue weighted by Gasteiger charge is -2.71. The Hall–Kier alpha value is -2.82. The molecule has 402 valence electrons. The second-order valence-corrected chi connectivity index (χ2v) is 24.2. The van der Waals surface area contributed by atoms with Crippen molar-refractivity contribution in [2.24, 2.45) is 50.2 Å². The van der Waals surface area contributed by atoms with E-state index in [1.54, 1.807) is 0 Å². The van der Waals surface area contributed by atoms with E-state index in [4.69, 9.17) is 42.6 Å². The molecule has 0 amide bonds. The Morgan fingerprint density at radius 2 is 1.27 bits per heavy atom. The average molecular weight is 1010 g/mol. The molecule has 6 N–H and O–H groups in total. The molecule has 0 radical (unpaired) electrons. The summed E-state index contributed by atoms with van der Waals surface area (Å²) in [6.07, 6.45) is -9.79. The standard InChI is InChI=1S/C52H80O19/c1-25-36(57)41(70-43-38(59)40(68-28(4)56)32(23-63-43)67-27(3)55)39(60)44(65-25)71-42-37(58)31(66-26(2)54)22-64-45(42)69-35-14-15-48(7)33(49(35,8)24-53)13-16-51(10)34(48)12-11-29-30-21-47(5,6)17-19-52(30,46(61)62)20-18-50(29,51)9/h11,25,30-45,53,57-60H,12-24H2,1-10H3,(H,61,62). The highest BCUT2D eigenvalue weighted by Gasteiger charge is 2.70. The molecule has 0 aromatic heterocycles. The lowest BCUT2D eigenvalue weighted by Crippen LogP contribution is -2.67. The first-order chi connectivity index (χ1) is 33.2. The number of carboxylic acid groups (broad SMARTS) is 1. The molecule has 8 rings (SSSR count). The second-order valence-electron chi connectivity index (χ2n) is 24.2. The van der Waals surface area contributed by atoms with Gasteiger partial charge in [-0.25, -0.2) is 0 Å². The molecule has 7 fully saturated rings. The quantitative estimate of drug-likeness (QED) is 0.0745. The van der Waals surface area contributed by atoms with E-state index in [1.807, 2.05) is 6.92 Å². The van der Waals surface area contributed by atoms with E-state index in [2.05, 4.69) is 40.7 Å². The highest BCUT2D eigenvalue weighted by Crippen LogP contribution is 2.76. The molecular formula is C52H80O19. The third kappa shape index (κ3) is 9.30. The van der Waals surface area contributed by atoms with Gasteiger partial charge in [0.2, 0.25) is 0 Å². The summed E-state index contributed by atoms with van der Waals surface area (Å²) in [7, 11) is 0. The molecule has 0 aromatic rings. The van der Waals surface area contributed by atoms with Gasteiger partial charge in [0.25, 0.3) is 0 Å². The van der Waals surface area contributed by atoms with E-state index in [9.17, 15) is 49.8 Å². The van der Waals surface area contributed by atoms with Crippen LogP contribution in [0.25, 0.3) is 0 Å². The molecule has 22 unspecified atom stereocenters. The average Bonchev–Trinajstić information content (AvgIpc) is 3.28. The molecule has 3 aliphatic heterocycles. The van der Waals surface area contributed by atoms with Crippen molar-refractivity contribution in [3.8, 4) is 0 Å². The monoisotopic (exact) mass is 1010 g/mol. The van der Waals surface area contributed by atoms with Gasteiger partial charge in [-0.2, -0.15) is 0 Å². The number of esters is 3. The van der Waals surface area contributed by atoms with Gasteiger partial charge < -0.3 is 73.3 Å². The maximum Gasteiger partial charge on any atom is 0.310 e. The molecule has 22 atom stereocenters. The number of rotatable bonds is 11. The van der Waals surface area contributed by atoms with Gasteiger partial charge in [-0.05, 0) is 111 Å². The van der Waals surface area contributed by atoms with Crippen molar-refractivity contribution in [3.63, 3.8) is 0 Å². The third-order valence-electron chi connectivity index (χ3n) is 19.6. The molecule has 19 nitrogen and oxygen atoms in total. The van der Waals surface area contributed by atoms with Crippen molar-refractivity contribution >= 4 is 23.9 Å². The number of carbonyl (C=O) groups excluding carboxylic acids is 3. The first kappa shape index (κ1) is 54.4. The topological polar surface area (TPSA) is 273 Å². The number of carboxylic acids is 1. The second kappa shape index (κ2) is 19.7. The summed E-state index contributed by atoms with van der Waals surface area (Å²) in [5.41, 5.74) is -0.762. The molecule has 5 aliphatic carbocycles. The zero-order chi connectivity index (χ0) is 52.0. The molecule has 3 heterocycles. The predicted molar refractivity (Wildman–Crippen MR) is 247 cm³/mol. The Bertz CT molecular complexity index is 2050. The van der Waals surface area contributed by atoms with E-state index in [1.165, 1.54) is 19.4 Å². The van der Waals surface area contributed by atoms with Crippen LogP contribution in [-0.4, -0.2) is 160 Å². The summed E-state index contributed by atoms with van der Waals surface area (Å²) in [6.45, 7) is 17.8. The summed E-state index contributed by atoms with van der Waals surface area (Å²) in [5.74, 6) is -2.66. The minimum atomic E-state index is -1.83. The van der Waals surface area contributed by atoms with Gasteiger partial charge in [0.15, 0.2) is 37.2 Å². The largest absolute Gasteiger partial charge is 0.481 e. The first-order valence-electron chi connectivity index (χ1n) is 25.8. The fraction of sp³-hybridized carbons (Fsp3) is 0.885. The van der Waals surface area contributed by atoms with Crippen LogP contribution in [0.15, 0.2) is 11.6 Å². The first-order valence-corrected chi connectivity index (χ1v) is 25.8. The number of aliphatic hydroxyl groups is 5. The van der Waals surface area contributed by atoms with E-state index in [0.29, 0.717) is 19.3 Å². The van der Waals surface area contributed by atoms with Crippen molar-refractivity contribution < 1.29 is 92.4 Å². The van der Waals surface area contributed by atoms with Gasteiger partial charge in [0, 0.05) is 26.2 Å². The van der Waals surface area contributed by atoms with Crippen LogP contribution in [-0.2, 0) is 61.8 Å². The van der Waals surface area contributed by atoms with Crippen molar-refractivity contribution in [3.05, 3.63) is 11.6 Å². The van der Waals surface area contributed by atoms with Gasteiger partial charge in [-0.15, -0.1) is 0 Å². The van der Waals surface area contributed by atoms with Gasteiger partial charge in [0.1, 0.15) is 36.6 Å². The van der Waals surface area contributed by atoms with E-state index >= 15 is 0 Å². The fourth-order valence-corrected chi connectivity index (χ4v) is 15.5. The number of aliphatic carboxylic acids is 1. The third-order valence-corrected chi connectivity index (χ3v) is 19.6. The molecular weight excluding hydrogens is 929 g/mol. The maximum atomic E-state index is 13.2. The number of ether oxygens (including phenoxy) is 9. The molecule has 3 saturated heterocycles. The SMILES string of the molecule is CC(=O)OC1COC(OC2CCC3(C)C(CCC4(C)C3CC=C3C5CC(C)(C)CCC5(C(=O)O)CCC34C)C2(C)CO)C(OC2OC(C)C(O)C(OC3OCC(OC(C)=O)C(OC(C)=O)C3O)C2O)C1O. The molecule has 0 bridgehead atoms. The van der Waals surface area contributed by atoms with Crippen LogP contribution < -0.4 is 0 Å². The van der Waals surface area contributed by atoms with Crippen LogP contribution in [0, 0.1) is 50.2 Å². The number of carbonyl (C=O) groups is 4. The van der Waals surface area contributed by atoms with Crippen molar-refractivity contribution in [2.75, 3.05) is 19.8 Å².